The second-order valence-corrected chi connectivity index (χ2v) is 7.92. The van der Waals surface area contributed by atoms with Crippen LogP contribution in [-0.2, 0) is 11.2 Å². The van der Waals surface area contributed by atoms with Crippen LogP contribution in [0, 0.1) is 0 Å². The Labute approximate surface area is 167 Å². The largest absolute Gasteiger partial charge is 0.469 e. The van der Waals surface area contributed by atoms with Crippen LogP contribution in [-0.4, -0.2) is 32.1 Å². The molecule has 2 aliphatic heterocycles. The van der Waals surface area contributed by atoms with Gasteiger partial charge >= 0.3 is 0 Å². The number of nitrogens with zero attached hydrogens (tertiary/aromatic N) is 2. The van der Waals surface area contributed by atoms with Gasteiger partial charge in [-0.1, -0.05) is 0 Å². The molecule has 2 aliphatic rings. The number of amides is 1. The lowest BCUT2D eigenvalue weighted by molar-refractivity contribution is -0.116. The molecule has 1 N–H and O–H groups in total. The lowest BCUT2D eigenvalue weighted by atomic mass is 10.1. The minimum Gasteiger partial charge on any atom is -0.469 e. The molecule has 2 aromatic rings. The Morgan fingerprint density at radius 3 is 2.32 bits per heavy atom. The summed E-state index contributed by atoms with van der Waals surface area (Å²) in [5.41, 5.74) is 3.34. The Bertz CT molecular complexity index is 760. The smallest absolute Gasteiger partial charge is 0.224 e. The lowest BCUT2D eigenvalue weighted by Gasteiger charge is -2.33. The summed E-state index contributed by atoms with van der Waals surface area (Å²) in [4.78, 5) is 17.5. The van der Waals surface area contributed by atoms with Gasteiger partial charge < -0.3 is 19.5 Å². The number of carbonyl (C=O) groups excluding carboxylic acids is 1. The fraction of sp³-hybridized carbons (Fsp3) is 0.522. The lowest BCUT2D eigenvalue weighted by Crippen LogP contribution is -2.31. The van der Waals surface area contributed by atoms with Gasteiger partial charge in [0.25, 0.3) is 0 Å². The monoisotopic (exact) mass is 381 g/mol. The summed E-state index contributed by atoms with van der Waals surface area (Å²) in [7, 11) is 0. The van der Waals surface area contributed by atoms with Crippen LogP contribution < -0.4 is 15.1 Å². The van der Waals surface area contributed by atoms with Crippen molar-refractivity contribution >= 4 is 23.0 Å². The third-order valence-electron chi connectivity index (χ3n) is 5.85. The summed E-state index contributed by atoms with van der Waals surface area (Å²) in [6.07, 6.45) is 10.3. The van der Waals surface area contributed by atoms with Crippen molar-refractivity contribution in [3.05, 3.63) is 42.4 Å². The zero-order valence-electron chi connectivity index (χ0n) is 16.7. The van der Waals surface area contributed by atoms with E-state index >= 15 is 0 Å². The van der Waals surface area contributed by atoms with Crippen molar-refractivity contribution in [1.82, 2.24) is 0 Å². The maximum Gasteiger partial charge on any atom is 0.224 e. The molecule has 5 nitrogen and oxygen atoms in total. The first kappa shape index (κ1) is 18.9. The number of hydrogen-bond acceptors (Lipinski definition) is 4. The molecule has 1 amide bonds. The Hall–Kier alpha value is -2.43. The summed E-state index contributed by atoms with van der Waals surface area (Å²) in [6.45, 7) is 4.35. The number of piperidine rings is 2. The van der Waals surface area contributed by atoms with Crippen LogP contribution in [0.3, 0.4) is 0 Å². The highest BCUT2D eigenvalue weighted by Gasteiger charge is 2.19. The van der Waals surface area contributed by atoms with E-state index in [4.69, 9.17) is 4.42 Å². The third kappa shape index (κ3) is 4.70. The van der Waals surface area contributed by atoms with Gasteiger partial charge in [-0.15, -0.1) is 0 Å². The SMILES string of the molecule is O=C(CCc1ccco1)Nc1cc(N2CCCCC2)ccc1N1CCCCC1. The normalized spacial score (nSPS) is 17.6. The maximum atomic E-state index is 12.6. The topological polar surface area (TPSA) is 48.7 Å². The van der Waals surface area contributed by atoms with Crippen molar-refractivity contribution < 1.29 is 9.21 Å². The predicted octanol–water partition coefficient (Wildman–Crippen LogP) is 4.83. The number of hydrogen-bond donors (Lipinski definition) is 1. The van der Waals surface area contributed by atoms with E-state index in [1.54, 1.807) is 6.26 Å². The highest BCUT2D eigenvalue weighted by atomic mass is 16.3. The van der Waals surface area contributed by atoms with Gasteiger partial charge in [-0.3, -0.25) is 4.79 Å². The summed E-state index contributed by atoms with van der Waals surface area (Å²) in [6, 6.07) is 10.4. The summed E-state index contributed by atoms with van der Waals surface area (Å²) >= 11 is 0. The zero-order valence-corrected chi connectivity index (χ0v) is 16.7. The molecule has 28 heavy (non-hydrogen) atoms. The van der Waals surface area contributed by atoms with Crippen molar-refractivity contribution in [1.29, 1.82) is 0 Å². The first-order valence-corrected chi connectivity index (χ1v) is 10.8. The van der Waals surface area contributed by atoms with E-state index in [0.29, 0.717) is 12.8 Å². The second kappa shape index (κ2) is 9.18. The van der Waals surface area contributed by atoms with E-state index in [2.05, 4.69) is 33.3 Å². The van der Waals surface area contributed by atoms with Crippen molar-refractivity contribution in [2.45, 2.75) is 51.4 Å². The van der Waals surface area contributed by atoms with Gasteiger partial charge in [-0.25, -0.2) is 0 Å². The molecule has 0 aliphatic carbocycles. The fourth-order valence-corrected chi connectivity index (χ4v) is 4.29. The number of nitrogens with one attached hydrogen (secondary N) is 1. The quantitative estimate of drug-likeness (QED) is 0.778. The standard InChI is InChI=1S/C23H31N3O2/c27-23(12-10-20-8-7-17-28-20)24-21-18-19(25-13-3-1-4-14-25)9-11-22(21)26-15-5-2-6-16-26/h7-9,11,17-18H,1-6,10,12-16H2,(H,24,27). The molecule has 0 saturated carbocycles. The molecule has 150 valence electrons. The molecule has 0 radical (unpaired) electrons. The average molecular weight is 382 g/mol. The first-order valence-electron chi connectivity index (χ1n) is 10.8. The molecule has 0 atom stereocenters. The van der Waals surface area contributed by atoms with Gasteiger partial charge in [0.1, 0.15) is 5.76 Å². The minimum absolute atomic E-state index is 0.0467. The molecule has 3 heterocycles. The van der Waals surface area contributed by atoms with E-state index in [1.807, 2.05) is 12.1 Å². The van der Waals surface area contributed by atoms with Crippen LogP contribution in [0.2, 0.25) is 0 Å². The van der Waals surface area contributed by atoms with Crippen LogP contribution in [0.25, 0.3) is 0 Å². The Morgan fingerprint density at radius 2 is 1.64 bits per heavy atom. The van der Waals surface area contributed by atoms with Gasteiger partial charge in [-0.2, -0.15) is 0 Å². The third-order valence-corrected chi connectivity index (χ3v) is 5.85. The van der Waals surface area contributed by atoms with E-state index in [-0.39, 0.29) is 5.91 Å². The molecule has 1 aromatic carbocycles. The Morgan fingerprint density at radius 1 is 0.929 bits per heavy atom. The minimum atomic E-state index is 0.0467. The van der Waals surface area contributed by atoms with E-state index in [1.165, 1.54) is 44.2 Å². The van der Waals surface area contributed by atoms with Crippen molar-refractivity contribution in [3.63, 3.8) is 0 Å². The second-order valence-electron chi connectivity index (χ2n) is 7.92. The van der Waals surface area contributed by atoms with E-state index in [9.17, 15) is 4.79 Å². The van der Waals surface area contributed by atoms with Gasteiger partial charge in [-0.05, 0) is 68.9 Å². The number of anilines is 3. The van der Waals surface area contributed by atoms with E-state index < -0.39 is 0 Å². The van der Waals surface area contributed by atoms with Crippen molar-refractivity contribution in [2.24, 2.45) is 0 Å². The molecule has 0 unspecified atom stereocenters. The van der Waals surface area contributed by atoms with Gasteiger partial charge in [0.15, 0.2) is 0 Å². The molecule has 0 spiro atoms. The van der Waals surface area contributed by atoms with Crippen LogP contribution in [0.15, 0.2) is 41.0 Å². The van der Waals surface area contributed by atoms with Crippen LogP contribution in [0.1, 0.15) is 50.7 Å². The van der Waals surface area contributed by atoms with Crippen LogP contribution in [0.5, 0.6) is 0 Å². The molecule has 5 heteroatoms. The highest BCUT2D eigenvalue weighted by molar-refractivity contribution is 5.95. The number of rotatable bonds is 6. The molecule has 2 saturated heterocycles. The number of furan rings is 1. The van der Waals surface area contributed by atoms with E-state index in [0.717, 1.165) is 43.3 Å². The van der Waals surface area contributed by atoms with Crippen LogP contribution in [0.4, 0.5) is 17.1 Å². The predicted molar refractivity (Wildman–Crippen MR) is 114 cm³/mol. The maximum absolute atomic E-state index is 12.6. The van der Waals surface area contributed by atoms with Gasteiger partial charge in [0.05, 0.1) is 17.6 Å². The number of aryl methyl sites for hydroxylation is 1. The molecule has 0 bridgehead atoms. The zero-order chi connectivity index (χ0) is 19.2. The molecule has 4 rings (SSSR count). The summed E-state index contributed by atoms with van der Waals surface area (Å²) in [5, 5.41) is 3.20. The summed E-state index contributed by atoms with van der Waals surface area (Å²) in [5.74, 6) is 0.902. The highest BCUT2D eigenvalue weighted by Crippen LogP contribution is 2.33. The van der Waals surface area contributed by atoms with Gasteiger partial charge in [0.2, 0.25) is 5.91 Å². The Kier molecular flexibility index (Phi) is 6.20. The van der Waals surface area contributed by atoms with Crippen molar-refractivity contribution in [3.8, 4) is 0 Å². The molecule has 1 aromatic heterocycles. The molecule has 2 fully saturated rings. The van der Waals surface area contributed by atoms with Crippen LogP contribution >= 0.6 is 0 Å². The fourth-order valence-electron chi connectivity index (χ4n) is 4.29. The first-order chi connectivity index (χ1) is 13.8. The van der Waals surface area contributed by atoms with Crippen molar-refractivity contribution in [2.75, 3.05) is 41.3 Å². The molecular formula is C23H31N3O2. The summed E-state index contributed by atoms with van der Waals surface area (Å²) < 4.78 is 5.36. The Balaban J connectivity index is 1.51. The average Bonchev–Trinajstić information content (AvgIpc) is 3.27. The molecular weight excluding hydrogens is 350 g/mol. The van der Waals surface area contributed by atoms with Gasteiger partial charge in [0, 0.05) is 44.7 Å². The number of carbonyl (C=O) groups is 1. The number of benzene rings is 1.